The highest BCUT2D eigenvalue weighted by Gasteiger charge is 2.48. The molecule has 146 valence electrons. The molecular formula is C23H23Cl2NO2. The molecule has 0 aromatic heterocycles. The van der Waals surface area contributed by atoms with Crippen LogP contribution in [0.15, 0.2) is 48.5 Å². The normalized spacial score (nSPS) is 19.1. The first-order chi connectivity index (χ1) is 13.5. The molecule has 0 radical (unpaired) electrons. The van der Waals surface area contributed by atoms with Crippen LogP contribution in [-0.2, 0) is 10.2 Å². The molecule has 0 spiro atoms. The third-order valence-corrected chi connectivity index (χ3v) is 7.04. The number of carbonyl (C=O) groups is 2. The summed E-state index contributed by atoms with van der Waals surface area (Å²) >= 11 is 12.0. The average Bonchev–Trinajstić information content (AvgIpc) is 2.69. The van der Waals surface area contributed by atoms with E-state index < -0.39 is 0 Å². The van der Waals surface area contributed by atoms with E-state index in [0.717, 1.165) is 24.8 Å². The highest BCUT2D eigenvalue weighted by Crippen LogP contribution is 2.45. The van der Waals surface area contributed by atoms with E-state index >= 15 is 0 Å². The largest absolute Gasteiger partial charge is 0.342 e. The Bertz CT molecular complexity index is 885. The lowest BCUT2D eigenvalue weighted by atomic mass is 9.63. The van der Waals surface area contributed by atoms with Crippen LogP contribution >= 0.6 is 23.2 Å². The molecule has 1 saturated heterocycles. The smallest absolute Gasteiger partial charge is 0.233 e. The summed E-state index contributed by atoms with van der Waals surface area (Å²) in [5.74, 6) is 0.243. The van der Waals surface area contributed by atoms with Gasteiger partial charge in [-0.1, -0.05) is 60.0 Å². The van der Waals surface area contributed by atoms with Gasteiger partial charge in [-0.2, -0.15) is 0 Å². The number of likely N-dealkylation sites (tertiary alicyclic amines) is 1. The third kappa shape index (κ3) is 3.46. The molecule has 0 unspecified atom stereocenters. The van der Waals surface area contributed by atoms with Crippen LogP contribution in [0, 0.1) is 5.92 Å². The molecule has 1 amide bonds. The van der Waals surface area contributed by atoms with Crippen LogP contribution in [0.3, 0.4) is 0 Å². The quantitative estimate of drug-likeness (QED) is 0.614. The van der Waals surface area contributed by atoms with Crippen molar-refractivity contribution in [3.8, 4) is 0 Å². The van der Waals surface area contributed by atoms with E-state index in [-0.39, 0.29) is 23.0 Å². The summed E-state index contributed by atoms with van der Waals surface area (Å²) in [6, 6.07) is 15.2. The first kappa shape index (κ1) is 19.5. The number of nitrogens with zero attached hydrogens (tertiary/aromatic N) is 1. The lowest BCUT2D eigenvalue weighted by molar-refractivity contribution is -0.142. The van der Waals surface area contributed by atoms with Gasteiger partial charge in [0.15, 0.2) is 5.78 Å². The number of rotatable bonds is 4. The van der Waals surface area contributed by atoms with Gasteiger partial charge in [-0.05, 0) is 49.4 Å². The van der Waals surface area contributed by atoms with Crippen LogP contribution in [0.2, 0.25) is 10.0 Å². The van der Waals surface area contributed by atoms with Gasteiger partial charge < -0.3 is 4.90 Å². The fourth-order valence-electron chi connectivity index (χ4n) is 4.45. The van der Waals surface area contributed by atoms with Crippen molar-refractivity contribution in [3.63, 3.8) is 0 Å². The van der Waals surface area contributed by atoms with Crippen LogP contribution in [0.5, 0.6) is 0 Å². The minimum Gasteiger partial charge on any atom is -0.342 e. The Kier molecular flexibility index (Phi) is 5.48. The van der Waals surface area contributed by atoms with Gasteiger partial charge >= 0.3 is 0 Å². The molecule has 4 rings (SSSR count). The first-order valence-electron chi connectivity index (χ1n) is 9.85. The minimum absolute atomic E-state index is 0.0737. The number of Topliss-reactive ketones (excluding diaryl/α,β-unsaturated/α-hetero) is 1. The molecule has 2 aliphatic rings. The second-order valence-electron chi connectivity index (χ2n) is 7.86. The Morgan fingerprint density at radius 3 is 2.18 bits per heavy atom. The summed E-state index contributed by atoms with van der Waals surface area (Å²) in [5.41, 5.74) is 1.36. The SMILES string of the molecule is O=C(c1ccc(Cl)c(Cl)c1)C1CCN(C(=O)C2(c3ccccc3)CCC2)CC1. The third-order valence-electron chi connectivity index (χ3n) is 6.30. The molecule has 3 nitrogen and oxygen atoms in total. The van der Waals surface area contributed by atoms with E-state index in [0.29, 0.717) is 41.5 Å². The summed E-state index contributed by atoms with van der Waals surface area (Å²) in [6.45, 7) is 1.26. The van der Waals surface area contributed by atoms with Gasteiger partial charge in [-0.15, -0.1) is 0 Å². The lowest BCUT2D eigenvalue weighted by Crippen LogP contribution is -2.53. The number of carbonyl (C=O) groups excluding carboxylic acids is 2. The fraction of sp³-hybridized carbons (Fsp3) is 0.391. The van der Waals surface area contributed by atoms with E-state index in [1.165, 1.54) is 0 Å². The van der Waals surface area contributed by atoms with Crippen LogP contribution in [0.25, 0.3) is 0 Å². The van der Waals surface area contributed by atoms with Crippen molar-refractivity contribution in [2.75, 3.05) is 13.1 Å². The van der Waals surface area contributed by atoms with Gasteiger partial charge in [-0.3, -0.25) is 9.59 Å². The van der Waals surface area contributed by atoms with Crippen LogP contribution in [0.4, 0.5) is 0 Å². The number of amides is 1. The van der Waals surface area contributed by atoms with Gasteiger partial charge in [-0.25, -0.2) is 0 Å². The lowest BCUT2D eigenvalue weighted by Gasteiger charge is -2.45. The Morgan fingerprint density at radius 2 is 1.61 bits per heavy atom. The van der Waals surface area contributed by atoms with Gasteiger partial charge in [0, 0.05) is 24.6 Å². The van der Waals surface area contributed by atoms with Gasteiger partial charge in [0.05, 0.1) is 15.5 Å². The molecule has 1 heterocycles. The van der Waals surface area contributed by atoms with Gasteiger partial charge in [0.1, 0.15) is 0 Å². The van der Waals surface area contributed by atoms with Crippen LogP contribution < -0.4 is 0 Å². The summed E-state index contributed by atoms with van der Waals surface area (Å²) in [5, 5.41) is 0.847. The second-order valence-corrected chi connectivity index (χ2v) is 8.68. The Labute approximate surface area is 175 Å². The van der Waals surface area contributed by atoms with Crippen molar-refractivity contribution < 1.29 is 9.59 Å². The van der Waals surface area contributed by atoms with E-state index in [1.807, 2.05) is 23.1 Å². The zero-order chi connectivity index (χ0) is 19.7. The van der Waals surface area contributed by atoms with E-state index in [2.05, 4.69) is 12.1 Å². The highest BCUT2D eigenvalue weighted by atomic mass is 35.5. The van der Waals surface area contributed by atoms with Crippen molar-refractivity contribution >= 4 is 34.9 Å². The Balaban J connectivity index is 1.43. The number of ketones is 1. The molecule has 2 fully saturated rings. The predicted octanol–water partition coefficient (Wildman–Crippen LogP) is 5.54. The summed E-state index contributed by atoms with van der Waals surface area (Å²) in [4.78, 5) is 28.1. The number of piperidine rings is 1. The van der Waals surface area contributed by atoms with Crippen molar-refractivity contribution in [1.82, 2.24) is 4.90 Å². The van der Waals surface area contributed by atoms with Crippen molar-refractivity contribution in [1.29, 1.82) is 0 Å². The fourth-order valence-corrected chi connectivity index (χ4v) is 4.74. The molecule has 2 aromatic rings. The minimum atomic E-state index is -0.359. The zero-order valence-corrected chi connectivity index (χ0v) is 17.2. The molecule has 0 bridgehead atoms. The summed E-state index contributed by atoms with van der Waals surface area (Å²) in [7, 11) is 0. The number of halogens is 2. The maximum Gasteiger partial charge on any atom is 0.233 e. The molecule has 1 aliphatic carbocycles. The molecule has 5 heteroatoms. The molecule has 2 aromatic carbocycles. The summed E-state index contributed by atoms with van der Waals surface area (Å²) in [6.07, 6.45) is 4.30. The Hall–Kier alpha value is -1.84. The maximum absolute atomic E-state index is 13.3. The highest BCUT2D eigenvalue weighted by molar-refractivity contribution is 6.42. The first-order valence-corrected chi connectivity index (χ1v) is 10.6. The van der Waals surface area contributed by atoms with E-state index in [1.54, 1.807) is 18.2 Å². The van der Waals surface area contributed by atoms with Crippen molar-refractivity contribution in [2.45, 2.75) is 37.5 Å². The molecule has 28 heavy (non-hydrogen) atoms. The maximum atomic E-state index is 13.3. The van der Waals surface area contributed by atoms with Crippen LogP contribution in [-0.4, -0.2) is 29.7 Å². The summed E-state index contributed by atoms with van der Waals surface area (Å²) < 4.78 is 0. The molecule has 0 N–H and O–H groups in total. The standard InChI is InChI=1S/C23H23Cl2NO2/c24-19-8-7-17(15-20(19)25)21(27)16-9-13-26(14-10-16)22(28)23(11-4-12-23)18-5-2-1-3-6-18/h1-3,5-8,15-16H,4,9-14H2. The number of hydrogen-bond acceptors (Lipinski definition) is 2. The molecule has 1 aliphatic heterocycles. The van der Waals surface area contributed by atoms with Crippen LogP contribution in [0.1, 0.15) is 48.0 Å². The van der Waals surface area contributed by atoms with E-state index in [9.17, 15) is 9.59 Å². The molecule has 1 saturated carbocycles. The number of benzene rings is 2. The molecule has 0 atom stereocenters. The monoisotopic (exact) mass is 415 g/mol. The topological polar surface area (TPSA) is 37.4 Å². The van der Waals surface area contributed by atoms with Crippen molar-refractivity contribution in [3.05, 3.63) is 69.7 Å². The molecular weight excluding hydrogens is 393 g/mol. The Morgan fingerprint density at radius 1 is 0.929 bits per heavy atom. The zero-order valence-electron chi connectivity index (χ0n) is 15.7. The average molecular weight is 416 g/mol. The predicted molar refractivity (Wildman–Crippen MR) is 112 cm³/mol. The van der Waals surface area contributed by atoms with E-state index in [4.69, 9.17) is 23.2 Å². The van der Waals surface area contributed by atoms with Crippen molar-refractivity contribution in [2.24, 2.45) is 5.92 Å². The number of hydrogen-bond donors (Lipinski definition) is 0. The second kappa shape index (κ2) is 7.88. The van der Waals surface area contributed by atoms with Gasteiger partial charge in [0.2, 0.25) is 5.91 Å². The van der Waals surface area contributed by atoms with Gasteiger partial charge in [0.25, 0.3) is 0 Å².